The minimum absolute atomic E-state index is 0. The molecule has 30 heavy (non-hydrogen) atoms. The van der Waals surface area contributed by atoms with Crippen LogP contribution in [0.5, 0.6) is 0 Å². The summed E-state index contributed by atoms with van der Waals surface area (Å²) in [6.45, 7) is 6.49. The van der Waals surface area contributed by atoms with Crippen LogP contribution in [0.4, 0.5) is 0 Å². The minimum atomic E-state index is 0. The van der Waals surface area contributed by atoms with Crippen LogP contribution in [-0.2, 0) is 26.4 Å². The SMILES string of the molecule is Cc1nn(C)c(C)c1CCCNC(=NCc1ccccc1)NCCc1ccco1.I. The molecule has 6 nitrogen and oxygen atoms in total. The van der Waals surface area contributed by atoms with E-state index in [2.05, 4.69) is 41.7 Å². The molecule has 0 aliphatic rings. The van der Waals surface area contributed by atoms with Gasteiger partial charge in [-0.2, -0.15) is 5.10 Å². The van der Waals surface area contributed by atoms with Crippen molar-refractivity contribution in [1.29, 1.82) is 0 Å². The highest BCUT2D eigenvalue weighted by molar-refractivity contribution is 14.0. The number of nitrogens with zero attached hydrogens (tertiary/aromatic N) is 3. The van der Waals surface area contributed by atoms with Gasteiger partial charge in [0.15, 0.2) is 5.96 Å². The van der Waals surface area contributed by atoms with Gasteiger partial charge in [0.1, 0.15) is 5.76 Å². The van der Waals surface area contributed by atoms with E-state index in [1.807, 2.05) is 42.1 Å². The monoisotopic (exact) mass is 521 g/mol. The highest BCUT2D eigenvalue weighted by atomic mass is 127. The molecule has 0 aliphatic carbocycles. The molecule has 162 valence electrons. The van der Waals surface area contributed by atoms with Gasteiger partial charge in [0.25, 0.3) is 0 Å². The van der Waals surface area contributed by atoms with Crippen molar-refractivity contribution >= 4 is 29.9 Å². The maximum Gasteiger partial charge on any atom is 0.191 e. The number of hydrogen-bond donors (Lipinski definition) is 2. The molecule has 0 aliphatic heterocycles. The Hall–Kier alpha value is -2.29. The highest BCUT2D eigenvalue weighted by Gasteiger charge is 2.09. The quantitative estimate of drug-likeness (QED) is 0.192. The number of aromatic nitrogens is 2. The number of hydrogen-bond acceptors (Lipinski definition) is 3. The number of halogens is 1. The van der Waals surface area contributed by atoms with Gasteiger partial charge in [0.2, 0.25) is 0 Å². The van der Waals surface area contributed by atoms with Crippen LogP contribution < -0.4 is 10.6 Å². The average Bonchev–Trinajstić information content (AvgIpc) is 3.32. The van der Waals surface area contributed by atoms with Crippen LogP contribution in [0.15, 0.2) is 58.1 Å². The molecule has 0 atom stereocenters. The fourth-order valence-corrected chi connectivity index (χ4v) is 3.34. The second-order valence-corrected chi connectivity index (χ2v) is 7.21. The second-order valence-electron chi connectivity index (χ2n) is 7.21. The van der Waals surface area contributed by atoms with E-state index in [4.69, 9.17) is 9.41 Å². The lowest BCUT2D eigenvalue weighted by molar-refractivity contribution is 0.506. The van der Waals surface area contributed by atoms with Gasteiger partial charge in [-0.1, -0.05) is 30.3 Å². The van der Waals surface area contributed by atoms with Crippen LogP contribution in [0, 0.1) is 13.8 Å². The summed E-state index contributed by atoms with van der Waals surface area (Å²) >= 11 is 0. The Bertz CT molecular complexity index is 903. The van der Waals surface area contributed by atoms with Crippen molar-refractivity contribution in [3.63, 3.8) is 0 Å². The topological polar surface area (TPSA) is 67.4 Å². The smallest absolute Gasteiger partial charge is 0.191 e. The third-order valence-electron chi connectivity index (χ3n) is 5.06. The van der Waals surface area contributed by atoms with Crippen LogP contribution in [0.2, 0.25) is 0 Å². The average molecular weight is 521 g/mol. The largest absolute Gasteiger partial charge is 0.469 e. The highest BCUT2D eigenvalue weighted by Crippen LogP contribution is 2.13. The van der Waals surface area contributed by atoms with Gasteiger partial charge in [0, 0.05) is 32.3 Å². The van der Waals surface area contributed by atoms with Crippen LogP contribution >= 0.6 is 24.0 Å². The van der Waals surface area contributed by atoms with Gasteiger partial charge >= 0.3 is 0 Å². The number of rotatable bonds is 9. The molecule has 0 unspecified atom stereocenters. The zero-order chi connectivity index (χ0) is 20.5. The van der Waals surface area contributed by atoms with Crippen molar-refractivity contribution in [2.75, 3.05) is 13.1 Å². The zero-order valence-electron chi connectivity index (χ0n) is 18.0. The number of nitrogens with one attached hydrogen (secondary N) is 2. The third-order valence-corrected chi connectivity index (χ3v) is 5.06. The molecule has 0 spiro atoms. The molecule has 0 amide bonds. The Morgan fingerprint density at radius 1 is 1.03 bits per heavy atom. The first-order valence-electron chi connectivity index (χ1n) is 10.2. The lowest BCUT2D eigenvalue weighted by atomic mass is 10.1. The Labute approximate surface area is 196 Å². The number of aliphatic imine (C=N–C) groups is 1. The maximum absolute atomic E-state index is 5.41. The van der Waals surface area contributed by atoms with Crippen molar-refractivity contribution < 1.29 is 4.42 Å². The molecule has 1 aromatic carbocycles. The van der Waals surface area contributed by atoms with Gasteiger partial charge in [-0.25, -0.2) is 4.99 Å². The first-order valence-corrected chi connectivity index (χ1v) is 10.2. The van der Waals surface area contributed by atoms with Crippen LogP contribution in [0.1, 0.15) is 34.7 Å². The van der Waals surface area contributed by atoms with Gasteiger partial charge < -0.3 is 15.1 Å². The molecule has 2 aromatic heterocycles. The predicted octanol–water partition coefficient (Wildman–Crippen LogP) is 4.16. The molecule has 7 heteroatoms. The Morgan fingerprint density at radius 3 is 2.47 bits per heavy atom. The Kier molecular flexibility index (Phi) is 9.93. The fraction of sp³-hybridized carbons (Fsp3) is 0.391. The Morgan fingerprint density at radius 2 is 1.80 bits per heavy atom. The molecular formula is C23H32IN5O. The van der Waals surface area contributed by atoms with Gasteiger partial charge in [-0.15, -0.1) is 24.0 Å². The van der Waals surface area contributed by atoms with Crippen LogP contribution in [0.3, 0.4) is 0 Å². The van der Waals surface area contributed by atoms with E-state index in [9.17, 15) is 0 Å². The summed E-state index contributed by atoms with van der Waals surface area (Å²) < 4.78 is 7.37. The summed E-state index contributed by atoms with van der Waals surface area (Å²) in [7, 11) is 2.00. The van der Waals surface area contributed by atoms with Gasteiger partial charge in [0.05, 0.1) is 18.5 Å². The molecule has 2 heterocycles. The summed E-state index contributed by atoms with van der Waals surface area (Å²) in [6, 6.07) is 14.2. The standard InChI is InChI=1S/C23H31N5O.HI/c1-18-22(19(2)28(3)27-18)12-7-14-24-23(25-15-13-21-11-8-16-29-21)26-17-20-9-5-4-6-10-20;/h4-6,8-11,16H,7,12-15,17H2,1-3H3,(H2,24,25,26);1H. The lowest BCUT2D eigenvalue weighted by Gasteiger charge is -2.12. The predicted molar refractivity (Wildman–Crippen MR) is 132 cm³/mol. The normalized spacial score (nSPS) is 11.2. The van der Waals surface area contributed by atoms with Crippen molar-refractivity contribution in [3.05, 3.63) is 77.0 Å². The van der Waals surface area contributed by atoms with E-state index in [1.165, 1.54) is 16.8 Å². The minimum Gasteiger partial charge on any atom is -0.469 e. The van der Waals surface area contributed by atoms with Crippen LogP contribution in [-0.4, -0.2) is 28.8 Å². The molecule has 0 bridgehead atoms. The summed E-state index contributed by atoms with van der Waals surface area (Å²) in [5.74, 6) is 1.81. The second kappa shape index (κ2) is 12.4. The zero-order valence-corrected chi connectivity index (χ0v) is 20.3. The van der Waals surface area contributed by atoms with Crippen molar-refractivity contribution in [2.45, 2.75) is 39.7 Å². The first-order chi connectivity index (χ1) is 14.1. The summed E-state index contributed by atoms with van der Waals surface area (Å²) in [4.78, 5) is 4.74. The molecule has 0 saturated heterocycles. The number of benzene rings is 1. The molecule has 0 fully saturated rings. The molecule has 0 radical (unpaired) electrons. The van der Waals surface area contributed by atoms with Crippen molar-refractivity contribution in [2.24, 2.45) is 12.0 Å². The summed E-state index contributed by atoms with van der Waals surface area (Å²) in [5, 5.41) is 11.4. The maximum atomic E-state index is 5.41. The Balaban J connectivity index is 0.00000320. The number of guanidine groups is 1. The fourth-order valence-electron chi connectivity index (χ4n) is 3.34. The number of aryl methyl sites for hydroxylation is 2. The lowest BCUT2D eigenvalue weighted by Crippen LogP contribution is -2.39. The molecule has 2 N–H and O–H groups in total. The van der Waals surface area contributed by atoms with E-state index in [0.29, 0.717) is 6.54 Å². The van der Waals surface area contributed by atoms with Gasteiger partial charge in [-0.05, 0) is 49.9 Å². The first kappa shape index (κ1) is 24.0. The van der Waals surface area contributed by atoms with Crippen molar-refractivity contribution in [3.8, 4) is 0 Å². The summed E-state index contributed by atoms with van der Waals surface area (Å²) in [5.41, 5.74) is 4.92. The van der Waals surface area contributed by atoms with E-state index < -0.39 is 0 Å². The van der Waals surface area contributed by atoms with E-state index in [-0.39, 0.29) is 24.0 Å². The molecule has 3 aromatic rings. The van der Waals surface area contributed by atoms with E-state index >= 15 is 0 Å². The third kappa shape index (κ3) is 7.19. The number of furan rings is 1. The summed E-state index contributed by atoms with van der Waals surface area (Å²) in [6.07, 6.45) is 4.57. The van der Waals surface area contributed by atoms with Gasteiger partial charge in [-0.3, -0.25) is 4.68 Å². The molecule has 0 saturated carbocycles. The van der Waals surface area contributed by atoms with E-state index in [0.717, 1.165) is 49.8 Å². The van der Waals surface area contributed by atoms with Crippen molar-refractivity contribution in [1.82, 2.24) is 20.4 Å². The van der Waals surface area contributed by atoms with E-state index in [1.54, 1.807) is 6.26 Å². The molecule has 3 rings (SSSR count). The molecular weight excluding hydrogens is 489 g/mol. The van der Waals surface area contributed by atoms with Crippen LogP contribution in [0.25, 0.3) is 0 Å².